The van der Waals surface area contributed by atoms with Gasteiger partial charge in [0.25, 0.3) is 0 Å². The Morgan fingerprint density at radius 1 is 1.03 bits per heavy atom. The number of carbonyl (C=O) groups is 1. The van der Waals surface area contributed by atoms with Gasteiger partial charge in [-0.25, -0.2) is 0 Å². The van der Waals surface area contributed by atoms with Crippen molar-refractivity contribution in [1.29, 1.82) is 0 Å². The second-order valence-electron chi connectivity index (χ2n) is 6.62. The molecular weight excluding hydrogens is 398 g/mol. The third-order valence-electron chi connectivity index (χ3n) is 4.43. The van der Waals surface area contributed by atoms with Gasteiger partial charge < -0.3 is 19.5 Å². The molecule has 0 saturated heterocycles. The summed E-state index contributed by atoms with van der Waals surface area (Å²) < 4.78 is 16.4. The minimum Gasteiger partial charge on any atom is -0.497 e. The Labute approximate surface area is 181 Å². The van der Waals surface area contributed by atoms with Crippen LogP contribution in [0.25, 0.3) is 11.4 Å². The molecule has 0 atom stereocenters. The van der Waals surface area contributed by atoms with Crippen LogP contribution in [-0.2, 0) is 17.8 Å². The molecule has 0 spiro atoms. The first kappa shape index (κ1) is 22.1. The van der Waals surface area contributed by atoms with Crippen LogP contribution in [0.1, 0.15) is 19.4 Å². The highest BCUT2D eigenvalue weighted by Gasteiger charge is 2.10. The van der Waals surface area contributed by atoms with Gasteiger partial charge in [0.05, 0.1) is 20.3 Å². The Hall–Kier alpha value is -3.62. The van der Waals surface area contributed by atoms with Crippen LogP contribution in [0.4, 0.5) is 0 Å². The van der Waals surface area contributed by atoms with Gasteiger partial charge in [-0.15, -0.1) is 10.2 Å². The maximum atomic E-state index is 12.2. The molecule has 1 aromatic heterocycles. The summed E-state index contributed by atoms with van der Waals surface area (Å²) in [6, 6.07) is 13.1. The number of rotatable bonds is 11. The largest absolute Gasteiger partial charge is 0.497 e. The maximum absolute atomic E-state index is 12.2. The fourth-order valence-electron chi connectivity index (χ4n) is 2.95. The van der Waals surface area contributed by atoms with Gasteiger partial charge in [-0.3, -0.25) is 4.79 Å². The normalized spacial score (nSPS) is 10.5. The topological polar surface area (TPSA) is 100 Å². The number of carbonyl (C=O) groups excluding carboxylic acids is 1. The molecule has 164 valence electrons. The number of nitrogens with zero attached hydrogens (tertiary/aromatic N) is 4. The predicted octanol–water partition coefficient (Wildman–Crippen LogP) is 2.51. The molecule has 0 fully saturated rings. The lowest BCUT2D eigenvalue weighted by atomic mass is 10.1. The molecule has 0 aliphatic carbocycles. The second-order valence-corrected chi connectivity index (χ2v) is 6.62. The van der Waals surface area contributed by atoms with Gasteiger partial charge in [0.2, 0.25) is 11.7 Å². The smallest absolute Gasteiger partial charge is 0.243 e. The van der Waals surface area contributed by atoms with Gasteiger partial charge in [-0.2, -0.15) is 4.80 Å². The molecule has 0 radical (unpaired) electrons. The van der Waals surface area contributed by atoms with Crippen molar-refractivity contribution in [2.75, 3.05) is 26.9 Å². The summed E-state index contributed by atoms with van der Waals surface area (Å²) in [6.07, 6.45) is 0.667. The van der Waals surface area contributed by atoms with E-state index >= 15 is 0 Å². The van der Waals surface area contributed by atoms with E-state index in [-0.39, 0.29) is 12.5 Å². The van der Waals surface area contributed by atoms with E-state index in [0.29, 0.717) is 37.8 Å². The van der Waals surface area contributed by atoms with Crippen molar-refractivity contribution >= 4 is 5.91 Å². The molecule has 1 N–H and O–H groups in total. The summed E-state index contributed by atoms with van der Waals surface area (Å²) >= 11 is 0. The molecule has 0 bridgehead atoms. The lowest BCUT2D eigenvalue weighted by Crippen LogP contribution is -2.30. The van der Waals surface area contributed by atoms with Crippen LogP contribution >= 0.6 is 0 Å². The summed E-state index contributed by atoms with van der Waals surface area (Å²) in [5.74, 6) is 2.45. The van der Waals surface area contributed by atoms with E-state index in [9.17, 15) is 4.79 Å². The van der Waals surface area contributed by atoms with Crippen LogP contribution in [-0.4, -0.2) is 53.0 Å². The molecule has 0 saturated carbocycles. The maximum Gasteiger partial charge on any atom is 0.243 e. The highest BCUT2D eigenvalue weighted by Crippen LogP contribution is 2.28. The highest BCUT2D eigenvalue weighted by atomic mass is 16.5. The van der Waals surface area contributed by atoms with E-state index in [4.69, 9.17) is 14.2 Å². The number of ether oxygens (including phenoxy) is 3. The second kappa shape index (κ2) is 11.0. The molecule has 0 aliphatic rings. The van der Waals surface area contributed by atoms with Crippen LogP contribution in [0.15, 0.2) is 42.5 Å². The number of hydrogen-bond acceptors (Lipinski definition) is 7. The minimum atomic E-state index is -0.186. The Kier molecular flexibility index (Phi) is 7.80. The number of aromatic nitrogens is 4. The Morgan fingerprint density at radius 3 is 2.48 bits per heavy atom. The van der Waals surface area contributed by atoms with Crippen LogP contribution in [0.2, 0.25) is 0 Å². The first-order valence-corrected chi connectivity index (χ1v) is 10.2. The fraction of sp³-hybridized carbons (Fsp3) is 0.364. The zero-order valence-electron chi connectivity index (χ0n) is 18.0. The van der Waals surface area contributed by atoms with E-state index in [1.54, 1.807) is 7.11 Å². The quantitative estimate of drug-likeness (QED) is 0.504. The summed E-state index contributed by atoms with van der Waals surface area (Å²) in [5.41, 5.74) is 1.85. The zero-order chi connectivity index (χ0) is 22.1. The summed E-state index contributed by atoms with van der Waals surface area (Å²) in [4.78, 5) is 13.5. The van der Waals surface area contributed by atoms with Crippen molar-refractivity contribution in [3.63, 3.8) is 0 Å². The van der Waals surface area contributed by atoms with Crippen LogP contribution in [0.3, 0.4) is 0 Å². The zero-order valence-corrected chi connectivity index (χ0v) is 18.0. The average Bonchev–Trinajstić information content (AvgIpc) is 3.24. The molecule has 1 amide bonds. The van der Waals surface area contributed by atoms with E-state index in [1.807, 2.05) is 56.3 Å². The van der Waals surface area contributed by atoms with Crippen molar-refractivity contribution in [3.05, 3.63) is 48.0 Å². The predicted molar refractivity (Wildman–Crippen MR) is 115 cm³/mol. The van der Waals surface area contributed by atoms with Gasteiger partial charge in [0.15, 0.2) is 11.5 Å². The highest BCUT2D eigenvalue weighted by molar-refractivity contribution is 5.75. The molecule has 2 aromatic carbocycles. The van der Waals surface area contributed by atoms with E-state index < -0.39 is 0 Å². The SMILES string of the molecule is CCOc1ccc(CCNC(=O)Cn2nnc(-c3ccc(OC)cc3)n2)cc1OCC. The van der Waals surface area contributed by atoms with Gasteiger partial charge in [-0.1, -0.05) is 6.07 Å². The number of amides is 1. The van der Waals surface area contributed by atoms with Crippen molar-refractivity contribution in [1.82, 2.24) is 25.5 Å². The summed E-state index contributed by atoms with van der Waals surface area (Å²) in [6.45, 7) is 5.48. The minimum absolute atomic E-state index is 0.00334. The number of tetrazole rings is 1. The average molecular weight is 425 g/mol. The van der Waals surface area contributed by atoms with Gasteiger partial charge in [0, 0.05) is 12.1 Å². The molecule has 0 aliphatic heterocycles. The van der Waals surface area contributed by atoms with Crippen LogP contribution in [0, 0.1) is 0 Å². The monoisotopic (exact) mass is 425 g/mol. The molecule has 9 heteroatoms. The number of hydrogen-bond donors (Lipinski definition) is 1. The van der Waals surface area contributed by atoms with E-state index in [2.05, 4.69) is 20.7 Å². The molecule has 1 heterocycles. The molecule has 9 nitrogen and oxygen atoms in total. The van der Waals surface area contributed by atoms with Crippen molar-refractivity contribution in [2.45, 2.75) is 26.8 Å². The van der Waals surface area contributed by atoms with Gasteiger partial charge in [0.1, 0.15) is 12.3 Å². The Bertz CT molecular complexity index is 988. The van der Waals surface area contributed by atoms with Gasteiger partial charge >= 0.3 is 0 Å². The summed E-state index contributed by atoms with van der Waals surface area (Å²) in [7, 11) is 1.61. The fourth-order valence-corrected chi connectivity index (χ4v) is 2.95. The van der Waals surface area contributed by atoms with Crippen molar-refractivity contribution < 1.29 is 19.0 Å². The van der Waals surface area contributed by atoms with Crippen molar-refractivity contribution in [3.8, 4) is 28.6 Å². The standard InChI is InChI=1S/C22H27N5O4/c1-4-30-19-11-6-16(14-20(19)31-5-2)12-13-23-21(28)15-27-25-22(24-26-27)17-7-9-18(29-3)10-8-17/h6-11,14H,4-5,12-13,15H2,1-3H3,(H,23,28). The Morgan fingerprint density at radius 2 is 1.77 bits per heavy atom. The number of nitrogens with one attached hydrogen (secondary N) is 1. The number of benzene rings is 2. The third kappa shape index (κ3) is 6.18. The lowest BCUT2D eigenvalue weighted by molar-refractivity contribution is -0.122. The van der Waals surface area contributed by atoms with Crippen LogP contribution in [0.5, 0.6) is 17.2 Å². The summed E-state index contributed by atoms with van der Waals surface area (Å²) in [5, 5.41) is 15.1. The molecular formula is C22H27N5O4. The number of methoxy groups -OCH3 is 1. The molecule has 3 aromatic rings. The van der Waals surface area contributed by atoms with Gasteiger partial charge in [-0.05, 0) is 67.4 Å². The third-order valence-corrected chi connectivity index (χ3v) is 4.43. The molecule has 31 heavy (non-hydrogen) atoms. The first-order chi connectivity index (χ1) is 15.1. The Balaban J connectivity index is 1.50. The van der Waals surface area contributed by atoms with Crippen molar-refractivity contribution in [2.24, 2.45) is 0 Å². The first-order valence-electron chi connectivity index (χ1n) is 10.2. The molecule has 3 rings (SSSR count). The van der Waals surface area contributed by atoms with Crippen LogP contribution < -0.4 is 19.5 Å². The lowest BCUT2D eigenvalue weighted by Gasteiger charge is -2.12. The van der Waals surface area contributed by atoms with E-state index in [0.717, 1.165) is 22.6 Å². The van der Waals surface area contributed by atoms with E-state index in [1.165, 1.54) is 4.80 Å². The molecule has 0 unspecified atom stereocenters.